The normalized spacial score (nSPS) is 21.3. The Balaban J connectivity index is 1.42. The van der Waals surface area contributed by atoms with E-state index >= 15 is 0 Å². The Morgan fingerprint density at radius 3 is 2.42 bits per heavy atom. The average molecular weight is 594 g/mol. The molecule has 0 aliphatic carbocycles. The molecule has 3 N–H and O–H groups in total. The number of hydrogen-bond donors (Lipinski definition) is 2. The minimum atomic E-state index is -1.20. The molecule has 0 aromatic heterocycles. The van der Waals surface area contributed by atoms with Crippen molar-refractivity contribution in [2.45, 2.75) is 44.0 Å². The summed E-state index contributed by atoms with van der Waals surface area (Å²) >= 11 is 0. The fourth-order valence-electron chi connectivity index (χ4n) is 5.95. The second kappa shape index (κ2) is 12.8. The zero-order valence-corrected chi connectivity index (χ0v) is 24.8. The molecule has 0 spiro atoms. The van der Waals surface area contributed by atoms with Gasteiger partial charge in [-0.2, -0.15) is 0 Å². The van der Waals surface area contributed by atoms with Gasteiger partial charge in [-0.25, -0.2) is 4.39 Å². The molecule has 3 aliphatic rings. The Labute approximate surface area is 251 Å². The van der Waals surface area contributed by atoms with Gasteiger partial charge in [0, 0.05) is 44.4 Å². The highest BCUT2D eigenvalue weighted by Gasteiger charge is 2.53. The van der Waals surface area contributed by atoms with Gasteiger partial charge in [0.1, 0.15) is 17.4 Å². The van der Waals surface area contributed by atoms with Gasteiger partial charge < -0.3 is 35.2 Å². The molecule has 3 heterocycles. The molecule has 10 nitrogen and oxygen atoms in total. The predicted octanol–water partition coefficient (Wildman–Crippen LogP) is 1.45. The first kappa shape index (κ1) is 30.7. The van der Waals surface area contributed by atoms with Gasteiger partial charge in [-0.05, 0) is 37.1 Å². The van der Waals surface area contributed by atoms with Crippen LogP contribution in [0.15, 0.2) is 66.4 Å². The maximum atomic E-state index is 14.2. The highest BCUT2D eigenvalue weighted by Crippen LogP contribution is 2.40. The van der Waals surface area contributed by atoms with Crippen molar-refractivity contribution in [2.24, 2.45) is 5.73 Å². The summed E-state index contributed by atoms with van der Waals surface area (Å²) in [6, 6.07) is 14.8. The number of carbonyl (C=O) groups excluding carboxylic acids is 3. The second-order valence-electron chi connectivity index (χ2n) is 12.0. The van der Waals surface area contributed by atoms with Crippen molar-refractivity contribution in [3.05, 3.63) is 83.3 Å². The lowest BCUT2D eigenvalue weighted by Gasteiger charge is -2.51. The van der Waals surface area contributed by atoms with Crippen LogP contribution in [0.4, 0.5) is 4.39 Å². The lowest BCUT2D eigenvalue weighted by Crippen LogP contribution is -2.68. The number of piperazine rings is 1. The lowest BCUT2D eigenvalue weighted by molar-refractivity contribution is -0.147. The van der Waals surface area contributed by atoms with Crippen LogP contribution in [0, 0.1) is 5.82 Å². The number of fused-ring (bicyclic) bond motifs is 1. The van der Waals surface area contributed by atoms with E-state index in [1.807, 2.05) is 35.2 Å². The van der Waals surface area contributed by atoms with Gasteiger partial charge in [-0.15, -0.1) is 0 Å². The van der Waals surface area contributed by atoms with E-state index in [4.69, 9.17) is 15.2 Å². The minimum Gasteiger partial charge on any atom is -0.378 e. The summed E-state index contributed by atoms with van der Waals surface area (Å²) in [5.41, 5.74) is 6.59. The van der Waals surface area contributed by atoms with E-state index in [1.165, 1.54) is 12.1 Å². The second-order valence-corrected chi connectivity index (χ2v) is 12.0. The topological polar surface area (TPSA) is 117 Å². The number of ether oxygens (including phenoxy) is 2. The van der Waals surface area contributed by atoms with Gasteiger partial charge in [0.2, 0.25) is 17.7 Å². The molecule has 43 heavy (non-hydrogen) atoms. The minimum absolute atomic E-state index is 0.0498. The number of nitrogens with one attached hydrogen (secondary N) is 1. The zero-order chi connectivity index (χ0) is 30.6. The van der Waals surface area contributed by atoms with E-state index in [9.17, 15) is 18.8 Å². The Morgan fingerprint density at radius 2 is 1.74 bits per heavy atom. The van der Waals surface area contributed by atoms with Crippen molar-refractivity contribution in [1.82, 2.24) is 20.0 Å². The molecule has 11 heteroatoms. The van der Waals surface area contributed by atoms with Crippen LogP contribution in [0.5, 0.6) is 0 Å². The summed E-state index contributed by atoms with van der Waals surface area (Å²) in [6.45, 7) is 6.47. The van der Waals surface area contributed by atoms with Crippen LogP contribution < -0.4 is 11.1 Å². The first-order valence-electron chi connectivity index (χ1n) is 14.7. The van der Waals surface area contributed by atoms with Gasteiger partial charge in [-0.1, -0.05) is 42.5 Å². The molecule has 2 saturated heterocycles. The third-order valence-corrected chi connectivity index (χ3v) is 8.22. The summed E-state index contributed by atoms with van der Waals surface area (Å²) in [4.78, 5) is 46.2. The number of nitrogens with two attached hydrogens (primary N) is 1. The van der Waals surface area contributed by atoms with Crippen molar-refractivity contribution >= 4 is 17.7 Å². The standard InChI is InChI=1S/C32H40FN5O5/c1-31(2,34)30(41)35-26(21-43-20-24-6-4-3-5-7-24)29(40)37-12-13-38-28(39)18-27(36-14-16-42-17-15-36)32(38,22-37)19-23-8-10-25(33)11-9-23/h3-11,18,26H,12-17,19-22,34H2,1-2H3,(H,35,41). The van der Waals surface area contributed by atoms with Gasteiger partial charge >= 0.3 is 0 Å². The van der Waals surface area contributed by atoms with Crippen LogP contribution in [-0.2, 0) is 36.9 Å². The Morgan fingerprint density at radius 1 is 1.05 bits per heavy atom. The summed E-state index contributed by atoms with van der Waals surface area (Å²) in [6.07, 6.45) is 2.06. The molecule has 0 radical (unpaired) electrons. The van der Waals surface area contributed by atoms with Crippen molar-refractivity contribution in [3.8, 4) is 0 Å². The van der Waals surface area contributed by atoms with Crippen LogP contribution in [0.2, 0.25) is 0 Å². The van der Waals surface area contributed by atoms with Crippen LogP contribution in [0.25, 0.3) is 0 Å². The molecule has 3 amide bonds. The van der Waals surface area contributed by atoms with Gasteiger partial charge in [-0.3, -0.25) is 14.4 Å². The molecule has 0 bridgehead atoms. The van der Waals surface area contributed by atoms with E-state index in [2.05, 4.69) is 10.2 Å². The van der Waals surface area contributed by atoms with Gasteiger partial charge in [0.15, 0.2) is 0 Å². The molecule has 2 aromatic carbocycles. The van der Waals surface area contributed by atoms with Crippen molar-refractivity contribution in [3.63, 3.8) is 0 Å². The number of carbonyl (C=O) groups is 3. The molecular weight excluding hydrogens is 553 g/mol. The third kappa shape index (κ3) is 6.90. The van der Waals surface area contributed by atoms with Gasteiger partial charge in [0.05, 0.1) is 38.5 Å². The summed E-state index contributed by atoms with van der Waals surface area (Å²) < 4.78 is 25.3. The smallest absolute Gasteiger partial charge is 0.249 e. The van der Waals surface area contributed by atoms with Gasteiger partial charge in [0.25, 0.3) is 0 Å². The maximum Gasteiger partial charge on any atom is 0.249 e. The number of hydrogen-bond acceptors (Lipinski definition) is 7. The molecule has 5 rings (SSSR count). The van der Waals surface area contributed by atoms with E-state index in [0.29, 0.717) is 39.3 Å². The highest BCUT2D eigenvalue weighted by atomic mass is 19.1. The maximum absolute atomic E-state index is 14.2. The predicted molar refractivity (Wildman–Crippen MR) is 158 cm³/mol. The molecular formula is C32H40FN5O5. The summed E-state index contributed by atoms with van der Waals surface area (Å²) in [5, 5.41) is 2.81. The monoisotopic (exact) mass is 593 g/mol. The number of rotatable bonds is 10. The SMILES string of the molecule is CC(C)(N)C(=O)NC(COCc1ccccc1)C(=O)N1CCN2C(=O)C=C(N3CCOCC3)C2(Cc2ccc(F)cc2)C1. The van der Waals surface area contributed by atoms with Crippen LogP contribution in [0.1, 0.15) is 25.0 Å². The van der Waals surface area contributed by atoms with Crippen LogP contribution >= 0.6 is 0 Å². The number of benzene rings is 2. The number of amides is 3. The summed E-state index contributed by atoms with van der Waals surface area (Å²) in [7, 11) is 0. The quantitative estimate of drug-likeness (QED) is 0.428. The first-order chi connectivity index (χ1) is 20.6. The fourth-order valence-corrected chi connectivity index (χ4v) is 5.95. The lowest BCUT2D eigenvalue weighted by atomic mass is 9.84. The fraction of sp³-hybridized carbons (Fsp3) is 0.469. The Bertz CT molecular complexity index is 1340. The molecule has 2 unspecified atom stereocenters. The molecule has 2 fully saturated rings. The zero-order valence-electron chi connectivity index (χ0n) is 24.8. The van der Waals surface area contributed by atoms with Crippen LogP contribution in [0.3, 0.4) is 0 Å². The first-order valence-corrected chi connectivity index (χ1v) is 14.7. The van der Waals surface area contributed by atoms with E-state index in [0.717, 1.165) is 16.8 Å². The van der Waals surface area contributed by atoms with E-state index < -0.39 is 23.0 Å². The summed E-state index contributed by atoms with van der Waals surface area (Å²) in [5.74, 6) is -1.25. The molecule has 2 atom stereocenters. The molecule has 3 aliphatic heterocycles. The Hall–Kier alpha value is -3.80. The van der Waals surface area contributed by atoms with Crippen LogP contribution in [-0.4, -0.2) is 102 Å². The average Bonchev–Trinajstić information content (AvgIpc) is 3.29. The number of halogens is 1. The highest BCUT2D eigenvalue weighted by molar-refractivity contribution is 5.94. The molecule has 0 saturated carbocycles. The number of nitrogens with zero attached hydrogens (tertiary/aromatic N) is 3. The molecule has 2 aromatic rings. The third-order valence-electron chi connectivity index (χ3n) is 8.22. The van der Waals surface area contributed by atoms with Crippen molar-refractivity contribution in [1.29, 1.82) is 0 Å². The van der Waals surface area contributed by atoms with E-state index in [-0.39, 0.29) is 43.9 Å². The van der Waals surface area contributed by atoms with Crippen molar-refractivity contribution < 1.29 is 28.2 Å². The largest absolute Gasteiger partial charge is 0.378 e. The number of morpholine rings is 1. The van der Waals surface area contributed by atoms with E-state index in [1.54, 1.807) is 37.0 Å². The Kier molecular flexibility index (Phi) is 9.14. The van der Waals surface area contributed by atoms with Crippen molar-refractivity contribution in [2.75, 3.05) is 52.5 Å². The molecule has 230 valence electrons.